The maximum Gasteiger partial charge on any atom is 0.0775 e. The lowest BCUT2D eigenvalue weighted by Gasteiger charge is -2.17. The van der Waals surface area contributed by atoms with E-state index in [-0.39, 0.29) is 12.1 Å². The number of nitrogens with one attached hydrogen (secondary N) is 1. The van der Waals surface area contributed by atoms with Crippen LogP contribution >= 0.6 is 0 Å². The summed E-state index contributed by atoms with van der Waals surface area (Å²) in [4.78, 5) is 0. The van der Waals surface area contributed by atoms with Gasteiger partial charge in [-0.1, -0.05) is 24.3 Å². The summed E-state index contributed by atoms with van der Waals surface area (Å²) in [5, 5.41) is 13.4. The molecule has 0 aromatic heterocycles. The highest BCUT2D eigenvalue weighted by Gasteiger charge is 2.34. The second kappa shape index (κ2) is 3.07. The minimum Gasteiger partial charge on any atom is -0.391 e. The van der Waals surface area contributed by atoms with Crippen LogP contribution in [0.3, 0.4) is 0 Å². The third-order valence-corrected chi connectivity index (χ3v) is 3.20. The van der Waals surface area contributed by atoms with Crippen molar-refractivity contribution < 1.29 is 5.11 Å². The molecule has 0 heterocycles. The van der Waals surface area contributed by atoms with E-state index in [4.69, 9.17) is 0 Å². The van der Waals surface area contributed by atoms with Crippen molar-refractivity contribution in [2.24, 2.45) is 0 Å². The van der Waals surface area contributed by atoms with Gasteiger partial charge in [0.05, 0.1) is 12.1 Å². The molecule has 14 heavy (non-hydrogen) atoms. The lowest BCUT2D eigenvalue weighted by Crippen LogP contribution is -2.30. The second-order valence-electron chi connectivity index (χ2n) is 4.39. The summed E-state index contributed by atoms with van der Waals surface area (Å²) in [6.07, 6.45) is 3.12. The number of benzene rings is 1. The highest BCUT2D eigenvalue weighted by Crippen LogP contribution is 2.34. The molecule has 0 spiro atoms. The van der Waals surface area contributed by atoms with E-state index in [1.54, 1.807) is 0 Å². The Morgan fingerprint density at radius 2 is 2.00 bits per heavy atom. The molecule has 2 atom stereocenters. The molecule has 0 aliphatic heterocycles. The Hall–Kier alpha value is -0.860. The van der Waals surface area contributed by atoms with Gasteiger partial charge in [-0.25, -0.2) is 0 Å². The Kier molecular flexibility index (Phi) is 1.85. The topological polar surface area (TPSA) is 32.3 Å². The summed E-state index contributed by atoms with van der Waals surface area (Å²) >= 11 is 0. The molecule has 1 fully saturated rings. The summed E-state index contributed by atoms with van der Waals surface area (Å²) in [6, 6.07) is 9.18. The number of hydrogen-bond acceptors (Lipinski definition) is 2. The fourth-order valence-corrected chi connectivity index (χ4v) is 2.28. The summed E-state index contributed by atoms with van der Waals surface area (Å²) in [6.45, 7) is 0. The monoisotopic (exact) mass is 189 g/mol. The Bertz CT molecular complexity index is 346. The molecule has 0 radical (unpaired) electrons. The van der Waals surface area contributed by atoms with Gasteiger partial charge < -0.3 is 10.4 Å². The van der Waals surface area contributed by atoms with E-state index < -0.39 is 0 Å². The van der Waals surface area contributed by atoms with Gasteiger partial charge in [0.1, 0.15) is 0 Å². The number of fused-ring (bicyclic) bond motifs is 1. The van der Waals surface area contributed by atoms with Crippen LogP contribution < -0.4 is 5.32 Å². The molecule has 1 saturated carbocycles. The lowest BCUT2D eigenvalue weighted by atomic mass is 10.1. The van der Waals surface area contributed by atoms with E-state index >= 15 is 0 Å². The van der Waals surface area contributed by atoms with Gasteiger partial charge in [-0.05, 0) is 24.0 Å². The van der Waals surface area contributed by atoms with Gasteiger partial charge in [0.2, 0.25) is 0 Å². The van der Waals surface area contributed by atoms with Gasteiger partial charge in [0, 0.05) is 12.5 Å². The van der Waals surface area contributed by atoms with Crippen molar-refractivity contribution in [2.75, 3.05) is 0 Å². The van der Waals surface area contributed by atoms with E-state index in [0.717, 1.165) is 6.42 Å². The molecule has 0 amide bonds. The first kappa shape index (κ1) is 8.45. The van der Waals surface area contributed by atoms with Crippen LogP contribution in [0.4, 0.5) is 0 Å². The van der Waals surface area contributed by atoms with Crippen molar-refractivity contribution in [1.82, 2.24) is 5.32 Å². The van der Waals surface area contributed by atoms with Crippen LogP contribution in [0.5, 0.6) is 0 Å². The molecule has 2 aliphatic carbocycles. The van der Waals surface area contributed by atoms with Crippen molar-refractivity contribution in [2.45, 2.75) is 37.5 Å². The predicted octanol–water partition coefficient (Wildman–Crippen LogP) is 1.40. The van der Waals surface area contributed by atoms with E-state index in [2.05, 4.69) is 23.5 Å². The van der Waals surface area contributed by atoms with Crippen LogP contribution in [0.25, 0.3) is 0 Å². The first-order chi connectivity index (χ1) is 6.84. The molecule has 2 nitrogen and oxygen atoms in total. The highest BCUT2D eigenvalue weighted by molar-refractivity contribution is 5.36. The third-order valence-electron chi connectivity index (χ3n) is 3.20. The molecule has 1 aromatic rings. The predicted molar refractivity (Wildman–Crippen MR) is 55.1 cm³/mol. The van der Waals surface area contributed by atoms with Gasteiger partial charge in [-0.15, -0.1) is 0 Å². The second-order valence-corrected chi connectivity index (χ2v) is 4.39. The third kappa shape index (κ3) is 1.35. The van der Waals surface area contributed by atoms with E-state index in [1.165, 1.54) is 24.0 Å². The van der Waals surface area contributed by atoms with Gasteiger partial charge in [-0.2, -0.15) is 0 Å². The molecule has 0 unspecified atom stereocenters. The zero-order valence-corrected chi connectivity index (χ0v) is 8.11. The molecule has 0 saturated heterocycles. The molecular weight excluding hydrogens is 174 g/mol. The summed E-state index contributed by atoms with van der Waals surface area (Å²) in [7, 11) is 0. The molecule has 2 N–H and O–H groups in total. The van der Waals surface area contributed by atoms with Gasteiger partial charge >= 0.3 is 0 Å². The number of aliphatic hydroxyl groups excluding tert-OH is 1. The van der Waals surface area contributed by atoms with Crippen molar-refractivity contribution in [3.8, 4) is 0 Å². The van der Waals surface area contributed by atoms with Crippen molar-refractivity contribution in [3.05, 3.63) is 35.4 Å². The Labute approximate surface area is 84.0 Å². The van der Waals surface area contributed by atoms with Crippen molar-refractivity contribution in [3.63, 3.8) is 0 Å². The Morgan fingerprint density at radius 1 is 1.21 bits per heavy atom. The number of rotatable bonds is 2. The van der Waals surface area contributed by atoms with Gasteiger partial charge in [0.25, 0.3) is 0 Å². The Morgan fingerprint density at radius 3 is 2.79 bits per heavy atom. The number of aliphatic hydroxyl groups is 1. The highest BCUT2D eigenvalue weighted by atomic mass is 16.3. The van der Waals surface area contributed by atoms with Gasteiger partial charge in [0.15, 0.2) is 0 Å². The molecule has 2 aliphatic rings. The first-order valence-corrected chi connectivity index (χ1v) is 5.36. The summed E-state index contributed by atoms with van der Waals surface area (Å²) in [5.74, 6) is 0. The molecule has 2 heteroatoms. The average molecular weight is 189 g/mol. The normalized spacial score (nSPS) is 30.4. The van der Waals surface area contributed by atoms with Crippen molar-refractivity contribution in [1.29, 1.82) is 0 Å². The smallest absolute Gasteiger partial charge is 0.0775 e. The first-order valence-electron chi connectivity index (χ1n) is 5.36. The summed E-state index contributed by atoms with van der Waals surface area (Å²) < 4.78 is 0. The van der Waals surface area contributed by atoms with Crippen LogP contribution in [0, 0.1) is 0 Å². The zero-order chi connectivity index (χ0) is 9.54. The number of hydrogen-bond donors (Lipinski definition) is 2. The quantitative estimate of drug-likeness (QED) is 0.737. The van der Waals surface area contributed by atoms with Crippen LogP contribution in [0.2, 0.25) is 0 Å². The van der Waals surface area contributed by atoms with Crippen LogP contribution in [-0.4, -0.2) is 17.3 Å². The fourth-order valence-electron chi connectivity index (χ4n) is 2.28. The lowest BCUT2D eigenvalue weighted by molar-refractivity contribution is 0.140. The maximum absolute atomic E-state index is 9.92. The molecular formula is C12H15NO. The fraction of sp³-hybridized carbons (Fsp3) is 0.500. The standard InChI is InChI=1S/C12H15NO/c14-11-7-8-3-1-2-4-10(8)12(11)13-9-5-6-9/h1-4,9,11-14H,5-7H2/t11-,12-/m0/s1. The van der Waals surface area contributed by atoms with Crippen LogP contribution in [0.15, 0.2) is 24.3 Å². The van der Waals surface area contributed by atoms with Crippen molar-refractivity contribution >= 4 is 0 Å². The van der Waals surface area contributed by atoms with Crippen LogP contribution in [0.1, 0.15) is 30.0 Å². The maximum atomic E-state index is 9.92. The molecule has 3 rings (SSSR count). The van der Waals surface area contributed by atoms with E-state index in [1.807, 2.05) is 6.07 Å². The van der Waals surface area contributed by atoms with E-state index in [0.29, 0.717) is 6.04 Å². The summed E-state index contributed by atoms with van der Waals surface area (Å²) in [5.41, 5.74) is 2.60. The Balaban J connectivity index is 1.88. The molecule has 1 aromatic carbocycles. The van der Waals surface area contributed by atoms with Gasteiger partial charge in [-0.3, -0.25) is 0 Å². The zero-order valence-electron chi connectivity index (χ0n) is 8.11. The minimum absolute atomic E-state index is 0.179. The molecule has 74 valence electrons. The van der Waals surface area contributed by atoms with E-state index in [9.17, 15) is 5.11 Å². The van der Waals surface area contributed by atoms with Crippen LogP contribution in [-0.2, 0) is 6.42 Å². The molecule has 0 bridgehead atoms. The largest absolute Gasteiger partial charge is 0.391 e. The SMILES string of the molecule is O[C@H]1Cc2ccccc2[C@@H]1NC1CC1. The average Bonchev–Trinajstić information content (AvgIpc) is 2.93. The minimum atomic E-state index is -0.229.